The second kappa shape index (κ2) is 9.33. The maximum Gasteiger partial charge on any atom is 0.253 e. The average Bonchev–Trinajstić information content (AvgIpc) is 2.79. The summed E-state index contributed by atoms with van der Waals surface area (Å²) in [6.45, 7) is 7.16. The third-order valence-corrected chi connectivity index (χ3v) is 6.26. The van der Waals surface area contributed by atoms with Gasteiger partial charge in [-0.2, -0.15) is 0 Å². The minimum absolute atomic E-state index is 0.00194. The quantitative estimate of drug-likeness (QED) is 0.692. The summed E-state index contributed by atoms with van der Waals surface area (Å²) < 4.78 is 11.9. The van der Waals surface area contributed by atoms with Crippen molar-refractivity contribution in [3.8, 4) is 11.5 Å². The van der Waals surface area contributed by atoms with E-state index in [0.29, 0.717) is 24.7 Å². The van der Waals surface area contributed by atoms with Gasteiger partial charge in [0.25, 0.3) is 5.91 Å². The molecule has 2 heterocycles. The van der Waals surface area contributed by atoms with Crippen molar-refractivity contribution in [3.63, 3.8) is 0 Å². The Balaban J connectivity index is 1.81. The van der Waals surface area contributed by atoms with Crippen molar-refractivity contribution in [2.45, 2.75) is 32.2 Å². The summed E-state index contributed by atoms with van der Waals surface area (Å²) in [4.78, 5) is 21.5. The van der Waals surface area contributed by atoms with Gasteiger partial charge in [0.05, 0.1) is 25.0 Å². The Morgan fingerprint density at radius 3 is 2.38 bits per heavy atom. The predicted octanol–water partition coefficient (Wildman–Crippen LogP) is 3.82. The number of fused-ring (bicyclic) bond motifs is 3. The minimum Gasteiger partial charge on any atom is -0.490 e. The van der Waals surface area contributed by atoms with E-state index in [1.54, 1.807) is 19.0 Å². The normalized spacial score (nSPS) is 20.1. The van der Waals surface area contributed by atoms with Gasteiger partial charge in [-0.25, -0.2) is 0 Å². The number of ether oxygens (including phenoxy) is 2. The summed E-state index contributed by atoms with van der Waals surface area (Å²) in [5.41, 5.74) is 5.03. The molecule has 0 aliphatic carbocycles. The molecule has 0 N–H and O–H groups in total. The number of carbonyl (C=O) groups is 1. The zero-order valence-corrected chi connectivity index (χ0v) is 19.7. The number of benzene rings is 2. The minimum atomic E-state index is -0.00194. The lowest BCUT2D eigenvalue weighted by molar-refractivity contribution is 0.0827. The Hall–Kier alpha value is -2.86. The van der Waals surface area contributed by atoms with Crippen molar-refractivity contribution in [1.82, 2.24) is 9.80 Å². The zero-order valence-electron chi connectivity index (χ0n) is 19.7. The number of likely N-dealkylation sites (N-methyl/N-ethyl adjacent to an activating group) is 1. The smallest absolute Gasteiger partial charge is 0.253 e. The van der Waals surface area contributed by atoms with Crippen LogP contribution >= 0.6 is 0 Å². The molecular formula is C26H33N3O3. The summed E-state index contributed by atoms with van der Waals surface area (Å²) in [6, 6.07) is 12.3. The van der Waals surface area contributed by atoms with Gasteiger partial charge in [-0.3, -0.25) is 9.79 Å². The van der Waals surface area contributed by atoms with E-state index in [0.717, 1.165) is 47.8 Å². The standard InChI is InChI=1S/C26H33N3O3/c1-6-31-23-14-19-20(15-24(23)32-7-2)25(27-22-12-13-29(5)16-21(19)22)17-8-10-18(11-9-17)26(30)28(3)4/h8-11,14-15,21-22H,6-7,12-13,16H2,1-5H3. The van der Waals surface area contributed by atoms with Crippen LogP contribution in [0.4, 0.5) is 0 Å². The Morgan fingerprint density at radius 2 is 1.75 bits per heavy atom. The number of hydrogen-bond donors (Lipinski definition) is 0. The fourth-order valence-corrected chi connectivity index (χ4v) is 4.68. The lowest BCUT2D eigenvalue weighted by Gasteiger charge is -2.39. The summed E-state index contributed by atoms with van der Waals surface area (Å²) >= 11 is 0. The number of likely N-dealkylation sites (tertiary alicyclic amines) is 1. The Morgan fingerprint density at radius 1 is 1.09 bits per heavy atom. The molecule has 1 amide bonds. The third-order valence-electron chi connectivity index (χ3n) is 6.26. The number of amides is 1. The molecule has 4 rings (SSSR count). The lowest BCUT2D eigenvalue weighted by atomic mass is 9.79. The van der Waals surface area contributed by atoms with E-state index in [1.165, 1.54) is 5.56 Å². The van der Waals surface area contributed by atoms with Crippen molar-refractivity contribution in [3.05, 3.63) is 58.7 Å². The number of rotatable bonds is 6. The van der Waals surface area contributed by atoms with Crippen LogP contribution < -0.4 is 9.47 Å². The van der Waals surface area contributed by atoms with Gasteiger partial charge in [-0.15, -0.1) is 0 Å². The van der Waals surface area contributed by atoms with Crippen molar-refractivity contribution in [2.24, 2.45) is 4.99 Å². The lowest BCUT2D eigenvalue weighted by Crippen LogP contribution is -2.41. The van der Waals surface area contributed by atoms with Gasteiger partial charge in [0.15, 0.2) is 11.5 Å². The monoisotopic (exact) mass is 435 g/mol. The number of carbonyl (C=O) groups excluding carboxylic acids is 1. The second-order valence-electron chi connectivity index (χ2n) is 8.73. The molecule has 1 saturated heterocycles. The van der Waals surface area contributed by atoms with E-state index in [4.69, 9.17) is 14.5 Å². The molecule has 6 nitrogen and oxygen atoms in total. The van der Waals surface area contributed by atoms with Crippen LogP contribution in [0.1, 0.15) is 53.2 Å². The van der Waals surface area contributed by atoms with Crippen molar-refractivity contribution < 1.29 is 14.3 Å². The van der Waals surface area contributed by atoms with Gasteiger partial charge in [0.2, 0.25) is 0 Å². The Labute approximate surface area is 190 Å². The van der Waals surface area contributed by atoms with E-state index < -0.39 is 0 Å². The van der Waals surface area contributed by atoms with Gasteiger partial charge >= 0.3 is 0 Å². The number of aliphatic imine (C=N–C) groups is 1. The van der Waals surface area contributed by atoms with E-state index in [2.05, 4.69) is 24.1 Å². The predicted molar refractivity (Wildman–Crippen MR) is 128 cm³/mol. The van der Waals surface area contributed by atoms with Crippen LogP contribution in [0.5, 0.6) is 11.5 Å². The highest BCUT2D eigenvalue weighted by Crippen LogP contribution is 2.42. The van der Waals surface area contributed by atoms with Crippen LogP contribution in [0.3, 0.4) is 0 Å². The molecule has 2 aliphatic heterocycles. The molecule has 0 bridgehead atoms. The van der Waals surface area contributed by atoms with Gasteiger partial charge in [-0.1, -0.05) is 12.1 Å². The molecule has 1 fully saturated rings. The molecule has 2 aromatic rings. The third kappa shape index (κ3) is 4.24. The first-order valence-electron chi connectivity index (χ1n) is 11.4. The zero-order chi connectivity index (χ0) is 22.8. The Bertz CT molecular complexity index is 1010. The molecule has 0 aromatic heterocycles. The first-order chi connectivity index (χ1) is 15.4. The average molecular weight is 436 g/mol. The van der Waals surface area contributed by atoms with Crippen LogP contribution in [0.15, 0.2) is 41.4 Å². The van der Waals surface area contributed by atoms with Crippen LogP contribution in [0.2, 0.25) is 0 Å². The van der Waals surface area contributed by atoms with E-state index in [-0.39, 0.29) is 11.9 Å². The highest BCUT2D eigenvalue weighted by Gasteiger charge is 2.36. The van der Waals surface area contributed by atoms with Crippen molar-refractivity contribution >= 4 is 11.6 Å². The highest BCUT2D eigenvalue weighted by atomic mass is 16.5. The molecule has 2 unspecified atom stereocenters. The molecule has 0 radical (unpaired) electrons. The SMILES string of the molecule is CCOc1cc2c(cc1OCC)C1CN(C)CCC1N=C2c1ccc(C(=O)N(C)C)cc1. The largest absolute Gasteiger partial charge is 0.490 e. The maximum absolute atomic E-state index is 12.3. The number of hydrogen-bond acceptors (Lipinski definition) is 5. The number of piperidine rings is 1. The van der Waals surface area contributed by atoms with Crippen LogP contribution in [0.25, 0.3) is 0 Å². The molecule has 32 heavy (non-hydrogen) atoms. The van der Waals surface area contributed by atoms with E-state index in [9.17, 15) is 4.79 Å². The fourth-order valence-electron chi connectivity index (χ4n) is 4.68. The molecular weight excluding hydrogens is 402 g/mol. The van der Waals surface area contributed by atoms with Crippen molar-refractivity contribution in [2.75, 3.05) is 47.4 Å². The van der Waals surface area contributed by atoms with Gasteiger partial charge < -0.3 is 19.3 Å². The maximum atomic E-state index is 12.3. The van der Waals surface area contributed by atoms with E-state index in [1.807, 2.05) is 38.1 Å². The van der Waals surface area contributed by atoms with Crippen molar-refractivity contribution in [1.29, 1.82) is 0 Å². The molecule has 2 atom stereocenters. The van der Waals surface area contributed by atoms with E-state index >= 15 is 0 Å². The molecule has 2 aliphatic rings. The first-order valence-corrected chi connectivity index (χ1v) is 11.4. The van der Waals surface area contributed by atoms with Gasteiger partial charge in [0, 0.05) is 43.2 Å². The summed E-state index contributed by atoms with van der Waals surface area (Å²) in [5, 5.41) is 0. The van der Waals surface area contributed by atoms with Gasteiger partial charge in [-0.05, 0) is 63.7 Å². The topological polar surface area (TPSA) is 54.4 Å². The first kappa shape index (κ1) is 22.3. The molecule has 170 valence electrons. The Kier molecular flexibility index (Phi) is 6.51. The van der Waals surface area contributed by atoms with Crippen LogP contribution in [-0.2, 0) is 0 Å². The van der Waals surface area contributed by atoms with Crippen LogP contribution in [-0.4, -0.2) is 74.9 Å². The molecule has 2 aromatic carbocycles. The summed E-state index contributed by atoms with van der Waals surface area (Å²) in [5.74, 6) is 1.88. The molecule has 0 spiro atoms. The van der Waals surface area contributed by atoms with Crippen LogP contribution in [0, 0.1) is 0 Å². The highest BCUT2D eigenvalue weighted by molar-refractivity contribution is 6.15. The summed E-state index contributed by atoms with van der Waals surface area (Å²) in [7, 11) is 5.71. The van der Waals surface area contributed by atoms with Gasteiger partial charge in [0.1, 0.15) is 0 Å². The fraction of sp³-hybridized carbons (Fsp3) is 0.462. The molecule has 6 heteroatoms. The molecule has 0 saturated carbocycles. The second-order valence-corrected chi connectivity index (χ2v) is 8.73. The summed E-state index contributed by atoms with van der Waals surface area (Å²) in [6.07, 6.45) is 1.03. The number of nitrogens with zero attached hydrogens (tertiary/aromatic N) is 3.